The molecule has 4 aromatic rings. The van der Waals surface area contributed by atoms with Gasteiger partial charge in [0.1, 0.15) is 17.2 Å². The molecule has 5 rings (SSSR count). The van der Waals surface area contributed by atoms with Crippen molar-refractivity contribution >= 4 is 29.3 Å². The van der Waals surface area contributed by atoms with E-state index in [1.165, 1.54) is 24.4 Å². The van der Waals surface area contributed by atoms with Crippen LogP contribution in [0.2, 0.25) is 0 Å². The summed E-state index contributed by atoms with van der Waals surface area (Å²) in [4.78, 5) is 28.2. The third kappa shape index (κ3) is 5.99. The average molecular weight is 574 g/mol. The molecule has 1 aliphatic rings. The van der Waals surface area contributed by atoms with Crippen molar-refractivity contribution in [1.82, 2.24) is 20.1 Å². The van der Waals surface area contributed by atoms with Crippen molar-refractivity contribution in [2.75, 3.05) is 38.5 Å². The summed E-state index contributed by atoms with van der Waals surface area (Å²) in [6.45, 7) is 0.741. The Hall–Kier alpha value is -4.51. The highest BCUT2D eigenvalue weighted by molar-refractivity contribution is 7.99. The van der Waals surface area contributed by atoms with Gasteiger partial charge >= 0.3 is 0 Å². The van der Waals surface area contributed by atoms with E-state index >= 15 is 0 Å². The van der Waals surface area contributed by atoms with Gasteiger partial charge in [0.25, 0.3) is 5.91 Å². The Balaban J connectivity index is 1.43. The summed E-state index contributed by atoms with van der Waals surface area (Å²) >= 11 is 1.28. The molecule has 212 valence electrons. The highest BCUT2D eigenvalue weighted by Crippen LogP contribution is 2.33. The molecule has 1 aliphatic heterocycles. The quantitative estimate of drug-likeness (QED) is 0.280. The van der Waals surface area contributed by atoms with Gasteiger partial charge in [-0.15, -0.1) is 10.2 Å². The van der Waals surface area contributed by atoms with Gasteiger partial charge in [0.15, 0.2) is 11.0 Å². The second kappa shape index (κ2) is 12.8. The van der Waals surface area contributed by atoms with Gasteiger partial charge in [-0.05, 0) is 48.7 Å². The van der Waals surface area contributed by atoms with Crippen LogP contribution in [-0.4, -0.2) is 60.2 Å². The molecule has 1 aromatic heterocycles. The van der Waals surface area contributed by atoms with Crippen LogP contribution < -0.4 is 24.4 Å². The van der Waals surface area contributed by atoms with Gasteiger partial charge in [0, 0.05) is 18.3 Å². The molecule has 0 radical (unpaired) electrons. The van der Waals surface area contributed by atoms with Gasteiger partial charge in [0.2, 0.25) is 5.91 Å². The molecule has 0 aliphatic carbocycles. The highest BCUT2D eigenvalue weighted by Gasteiger charge is 2.25. The minimum absolute atomic E-state index is 0.0136. The number of carbonyl (C=O) groups excluding carboxylic acids is 2. The minimum atomic E-state index is -0.317. The number of benzene rings is 3. The third-order valence-electron chi connectivity index (χ3n) is 6.82. The zero-order valence-corrected chi connectivity index (χ0v) is 23.9. The second-order valence-electron chi connectivity index (χ2n) is 9.22. The lowest BCUT2D eigenvalue weighted by Crippen LogP contribution is -2.36. The molecule has 11 heteroatoms. The number of methoxy groups -OCH3 is 3. The number of carbonyl (C=O) groups is 2. The molecule has 2 amide bonds. The lowest BCUT2D eigenvalue weighted by atomic mass is 10.0. The largest absolute Gasteiger partial charge is 0.497 e. The monoisotopic (exact) mass is 573 g/mol. The first-order chi connectivity index (χ1) is 20.0. The molecule has 0 saturated heterocycles. The Morgan fingerprint density at radius 2 is 1.68 bits per heavy atom. The number of aromatic nitrogens is 3. The summed E-state index contributed by atoms with van der Waals surface area (Å²) in [5.74, 6) is 1.92. The summed E-state index contributed by atoms with van der Waals surface area (Å²) in [7, 11) is 4.67. The van der Waals surface area contributed by atoms with E-state index < -0.39 is 0 Å². The Kier molecular flexibility index (Phi) is 8.73. The van der Waals surface area contributed by atoms with E-state index in [1.54, 1.807) is 61.3 Å². The van der Waals surface area contributed by atoms with Gasteiger partial charge in [-0.2, -0.15) is 0 Å². The molecule has 0 atom stereocenters. The zero-order valence-electron chi connectivity index (χ0n) is 23.1. The first kappa shape index (κ1) is 28.0. The number of nitrogens with zero attached hydrogens (tertiary/aromatic N) is 4. The molecule has 41 heavy (non-hydrogen) atoms. The van der Waals surface area contributed by atoms with E-state index in [9.17, 15) is 9.59 Å². The number of ether oxygens (including phenoxy) is 3. The van der Waals surface area contributed by atoms with Crippen LogP contribution in [0.3, 0.4) is 0 Å². The van der Waals surface area contributed by atoms with Gasteiger partial charge in [-0.1, -0.05) is 42.1 Å². The lowest BCUT2D eigenvalue weighted by molar-refractivity contribution is -0.116. The molecule has 3 aromatic carbocycles. The van der Waals surface area contributed by atoms with Crippen LogP contribution in [0.15, 0.2) is 71.9 Å². The second-order valence-corrected chi connectivity index (χ2v) is 10.2. The standard InChI is InChI=1S/C30H31N5O5S/c1-38-21-14-15-26(40-3)24(17-21)35-27(18-31-29(37)22-11-5-7-13-25(22)39-2)32-33-30(35)41-19-28(36)34-16-8-10-20-9-4-6-12-23(20)34/h4-7,9,11-15,17H,8,10,16,18-19H2,1-3H3,(H,31,37). The predicted octanol–water partition coefficient (Wildman–Crippen LogP) is 4.29. The Morgan fingerprint density at radius 3 is 2.49 bits per heavy atom. The van der Waals surface area contributed by atoms with E-state index in [-0.39, 0.29) is 24.1 Å². The molecular formula is C30H31N5O5S. The number of rotatable bonds is 10. The van der Waals surface area contributed by atoms with E-state index in [0.717, 1.165) is 18.5 Å². The van der Waals surface area contributed by atoms with E-state index in [0.29, 0.717) is 46.0 Å². The smallest absolute Gasteiger partial charge is 0.255 e. The molecule has 0 bridgehead atoms. The van der Waals surface area contributed by atoms with Crippen LogP contribution in [0, 0.1) is 0 Å². The maximum Gasteiger partial charge on any atom is 0.255 e. The van der Waals surface area contributed by atoms with Crippen molar-refractivity contribution in [1.29, 1.82) is 0 Å². The van der Waals surface area contributed by atoms with Crippen molar-refractivity contribution in [3.8, 4) is 22.9 Å². The molecule has 0 saturated carbocycles. The predicted molar refractivity (Wildman–Crippen MR) is 156 cm³/mol. The SMILES string of the molecule is COc1ccc(OC)c(-n2c(CNC(=O)c3ccccc3OC)nnc2SCC(=O)N2CCCc3ccccc32)c1. The molecule has 0 unspecified atom stereocenters. The van der Waals surface area contributed by atoms with Crippen LogP contribution in [0.25, 0.3) is 5.69 Å². The van der Waals surface area contributed by atoms with Gasteiger partial charge in [0.05, 0.1) is 44.9 Å². The normalized spacial score (nSPS) is 12.4. The van der Waals surface area contributed by atoms with Crippen molar-refractivity contribution in [2.45, 2.75) is 24.5 Å². The number of hydrogen-bond acceptors (Lipinski definition) is 8. The van der Waals surface area contributed by atoms with Crippen LogP contribution in [-0.2, 0) is 17.8 Å². The maximum atomic E-state index is 13.4. The summed E-state index contributed by atoms with van der Waals surface area (Å²) in [6, 6.07) is 20.4. The summed E-state index contributed by atoms with van der Waals surface area (Å²) in [6.07, 6.45) is 1.88. The Morgan fingerprint density at radius 1 is 0.902 bits per heavy atom. The van der Waals surface area contributed by atoms with Gasteiger partial charge in [-0.25, -0.2) is 0 Å². The Labute approximate surface area is 242 Å². The molecular weight excluding hydrogens is 542 g/mol. The van der Waals surface area contributed by atoms with Gasteiger partial charge in [-0.3, -0.25) is 14.2 Å². The van der Waals surface area contributed by atoms with Crippen molar-refractivity contribution in [3.05, 3.63) is 83.7 Å². The van der Waals surface area contributed by atoms with Crippen LogP contribution in [0.4, 0.5) is 5.69 Å². The summed E-state index contributed by atoms with van der Waals surface area (Å²) < 4.78 is 18.2. The number of para-hydroxylation sites is 2. The van der Waals surface area contributed by atoms with E-state index in [2.05, 4.69) is 21.6 Å². The van der Waals surface area contributed by atoms with Crippen molar-refractivity contribution in [2.24, 2.45) is 0 Å². The molecule has 1 N–H and O–H groups in total. The fourth-order valence-corrected chi connectivity index (χ4v) is 5.65. The average Bonchev–Trinajstić information content (AvgIpc) is 3.44. The first-order valence-electron chi connectivity index (χ1n) is 13.1. The first-order valence-corrected chi connectivity index (χ1v) is 14.1. The fourth-order valence-electron chi connectivity index (χ4n) is 4.81. The topological polar surface area (TPSA) is 108 Å². The van der Waals surface area contributed by atoms with E-state index in [4.69, 9.17) is 14.2 Å². The Bertz CT molecular complexity index is 1560. The van der Waals surface area contributed by atoms with Crippen molar-refractivity contribution in [3.63, 3.8) is 0 Å². The molecule has 10 nitrogen and oxygen atoms in total. The third-order valence-corrected chi connectivity index (χ3v) is 7.74. The van der Waals surface area contributed by atoms with Crippen molar-refractivity contribution < 1.29 is 23.8 Å². The number of fused-ring (bicyclic) bond motifs is 1. The zero-order chi connectivity index (χ0) is 28.8. The van der Waals surface area contributed by atoms with Crippen LogP contribution >= 0.6 is 11.8 Å². The number of nitrogens with one attached hydrogen (secondary N) is 1. The number of hydrogen-bond donors (Lipinski definition) is 1. The number of thioether (sulfide) groups is 1. The lowest BCUT2D eigenvalue weighted by Gasteiger charge is -2.29. The number of anilines is 1. The summed E-state index contributed by atoms with van der Waals surface area (Å²) in [5.41, 5.74) is 3.16. The van der Waals surface area contributed by atoms with Gasteiger partial charge < -0.3 is 24.4 Å². The van der Waals surface area contributed by atoms with Crippen LogP contribution in [0.1, 0.15) is 28.2 Å². The highest BCUT2D eigenvalue weighted by atomic mass is 32.2. The molecule has 0 fully saturated rings. The fraction of sp³-hybridized carbons (Fsp3) is 0.267. The number of amides is 2. The van der Waals surface area contributed by atoms with E-state index in [1.807, 2.05) is 23.1 Å². The molecule has 2 heterocycles. The van der Waals surface area contributed by atoms with Crippen LogP contribution in [0.5, 0.6) is 17.2 Å². The minimum Gasteiger partial charge on any atom is -0.497 e. The summed E-state index contributed by atoms with van der Waals surface area (Å²) in [5, 5.41) is 12.2. The molecule has 0 spiro atoms. The number of aryl methyl sites for hydroxylation is 1. The maximum absolute atomic E-state index is 13.4.